The Morgan fingerprint density at radius 3 is 2.44 bits per heavy atom. The first-order chi connectivity index (χ1) is 18.8. The van der Waals surface area contributed by atoms with Gasteiger partial charge in [0.25, 0.3) is 0 Å². The fraction of sp³-hybridized carbons (Fsp3) is 0.367. The van der Waals surface area contributed by atoms with E-state index in [2.05, 4.69) is 0 Å². The highest BCUT2D eigenvalue weighted by Crippen LogP contribution is 2.47. The molecule has 6 nitrogen and oxygen atoms in total. The molecule has 0 aromatic heterocycles. The molecule has 1 aliphatic carbocycles. The van der Waals surface area contributed by atoms with Gasteiger partial charge in [-0.3, -0.25) is 4.79 Å². The van der Waals surface area contributed by atoms with Gasteiger partial charge in [-0.15, -0.1) is 0 Å². The molecule has 6 rings (SSSR count). The fourth-order valence-electron chi connectivity index (χ4n) is 5.73. The van der Waals surface area contributed by atoms with Crippen molar-refractivity contribution >= 4 is 5.97 Å². The molecule has 39 heavy (non-hydrogen) atoms. The monoisotopic (exact) mass is 540 g/mol. The van der Waals surface area contributed by atoms with Crippen molar-refractivity contribution < 1.29 is 42.0 Å². The lowest BCUT2D eigenvalue weighted by atomic mass is 9.91. The average Bonchev–Trinajstić information content (AvgIpc) is 3.64. The Bertz CT molecular complexity index is 1380. The van der Waals surface area contributed by atoms with Crippen molar-refractivity contribution in [2.24, 2.45) is 0 Å². The molecule has 204 valence electrons. The number of fused-ring (bicyclic) bond motifs is 2. The van der Waals surface area contributed by atoms with Gasteiger partial charge in [-0.25, -0.2) is 0 Å². The van der Waals surface area contributed by atoms with Gasteiger partial charge in [-0.1, -0.05) is 24.3 Å². The van der Waals surface area contributed by atoms with Crippen LogP contribution >= 0.6 is 0 Å². The summed E-state index contributed by atoms with van der Waals surface area (Å²) in [7, 11) is 0. The van der Waals surface area contributed by atoms with Crippen LogP contribution in [0.4, 0.5) is 13.2 Å². The van der Waals surface area contributed by atoms with E-state index in [1.54, 1.807) is 42.5 Å². The second-order valence-corrected chi connectivity index (χ2v) is 10.1. The van der Waals surface area contributed by atoms with Crippen molar-refractivity contribution in [3.05, 3.63) is 76.9 Å². The maximum atomic E-state index is 14.1. The van der Waals surface area contributed by atoms with Crippen molar-refractivity contribution in [3.8, 4) is 28.4 Å². The number of ether oxygens (including phenoxy) is 4. The quantitative estimate of drug-likeness (QED) is 0.366. The number of hydrogen-bond acceptors (Lipinski definition) is 5. The Labute approximate surface area is 223 Å². The first-order valence-electron chi connectivity index (χ1n) is 13.0. The molecule has 1 N–H and O–H groups in total. The summed E-state index contributed by atoms with van der Waals surface area (Å²) in [5.74, 6) is 0.600. The van der Waals surface area contributed by atoms with Gasteiger partial charge in [0.2, 0.25) is 0 Å². The van der Waals surface area contributed by atoms with Gasteiger partial charge in [0.05, 0.1) is 31.8 Å². The van der Waals surface area contributed by atoms with Crippen LogP contribution in [0.5, 0.6) is 17.2 Å². The standard InChI is InChI=1S/C30H27F3O6/c31-30(32,33)25-9-7-23-24(29(25)17-1-3-19(4-2-17)38-21-11-12-36-16-21)8-10-26(23)39-20-5-6-22-18(13-28(34)35)15-37-27(22)14-20/h1-7,9,14,18,21,26H,8,10-13,15-16H2,(H,34,35)/t18?,21?,26-/m1/s1. The number of halogens is 3. The highest BCUT2D eigenvalue weighted by Gasteiger charge is 2.38. The van der Waals surface area contributed by atoms with E-state index in [1.807, 2.05) is 0 Å². The molecule has 3 aromatic carbocycles. The van der Waals surface area contributed by atoms with Gasteiger partial charge in [-0.2, -0.15) is 13.2 Å². The molecule has 0 radical (unpaired) electrons. The third-order valence-electron chi connectivity index (χ3n) is 7.56. The van der Waals surface area contributed by atoms with Crippen LogP contribution in [0.1, 0.15) is 53.5 Å². The van der Waals surface area contributed by atoms with E-state index in [1.165, 1.54) is 6.07 Å². The zero-order chi connectivity index (χ0) is 27.1. The molecule has 0 spiro atoms. The van der Waals surface area contributed by atoms with Crippen LogP contribution in [0.25, 0.3) is 11.1 Å². The van der Waals surface area contributed by atoms with E-state index in [4.69, 9.17) is 24.1 Å². The Kier molecular flexibility index (Phi) is 6.62. The van der Waals surface area contributed by atoms with Crippen molar-refractivity contribution in [1.29, 1.82) is 0 Å². The number of carboxylic acids is 1. The van der Waals surface area contributed by atoms with Gasteiger partial charge in [0, 0.05) is 24.0 Å². The minimum atomic E-state index is -4.51. The minimum absolute atomic E-state index is 0.0182. The Morgan fingerprint density at radius 1 is 0.949 bits per heavy atom. The van der Waals surface area contributed by atoms with Gasteiger partial charge >= 0.3 is 12.1 Å². The highest BCUT2D eigenvalue weighted by atomic mass is 19.4. The summed E-state index contributed by atoms with van der Waals surface area (Å²) in [6.07, 6.45) is -3.23. The number of alkyl halides is 3. The molecule has 0 saturated carbocycles. The lowest BCUT2D eigenvalue weighted by Gasteiger charge is -2.20. The maximum absolute atomic E-state index is 14.1. The predicted octanol–water partition coefficient (Wildman–Crippen LogP) is 6.56. The molecule has 0 amide bonds. The van der Waals surface area contributed by atoms with Crippen LogP contribution in [-0.2, 0) is 22.1 Å². The first-order valence-corrected chi connectivity index (χ1v) is 13.0. The van der Waals surface area contributed by atoms with Crippen molar-refractivity contribution in [1.82, 2.24) is 0 Å². The Morgan fingerprint density at radius 2 is 1.72 bits per heavy atom. The van der Waals surface area contributed by atoms with Gasteiger partial charge < -0.3 is 24.1 Å². The first kappa shape index (κ1) is 25.6. The molecule has 1 saturated heterocycles. The molecule has 2 aliphatic heterocycles. The second-order valence-electron chi connectivity index (χ2n) is 10.1. The van der Waals surface area contributed by atoms with Crippen LogP contribution in [0.3, 0.4) is 0 Å². The normalized spacial score (nSPS) is 21.8. The van der Waals surface area contributed by atoms with E-state index >= 15 is 0 Å². The van der Waals surface area contributed by atoms with Crippen molar-refractivity contribution in [2.45, 2.75) is 50.0 Å². The second kappa shape index (κ2) is 10.1. The van der Waals surface area contributed by atoms with Crippen LogP contribution in [-0.4, -0.2) is 37.0 Å². The van der Waals surface area contributed by atoms with Gasteiger partial charge in [-0.05, 0) is 59.4 Å². The molecule has 2 unspecified atom stereocenters. The van der Waals surface area contributed by atoms with E-state index in [0.717, 1.165) is 23.6 Å². The molecule has 2 heterocycles. The number of benzene rings is 3. The zero-order valence-corrected chi connectivity index (χ0v) is 21.0. The lowest BCUT2D eigenvalue weighted by molar-refractivity contribution is -0.138. The molecule has 3 atom stereocenters. The molecule has 3 aliphatic rings. The van der Waals surface area contributed by atoms with Crippen LogP contribution in [0, 0.1) is 0 Å². The number of hydrogen-bond donors (Lipinski definition) is 1. The lowest BCUT2D eigenvalue weighted by Crippen LogP contribution is -2.15. The Balaban J connectivity index is 1.27. The van der Waals surface area contributed by atoms with Crippen LogP contribution in [0.2, 0.25) is 0 Å². The molecule has 0 bridgehead atoms. The minimum Gasteiger partial charge on any atom is -0.492 e. The molecular weight excluding hydrogens is 513 g/mol. The van der Waals surface area contributed by atoms with Crippen LogP contribution in [0.15, 0.2) is 54.6 Å². The predicted molar refractivity (Wildman–Crippen MR) is 135 cm³/mol. The molecule has 1 fully saturated rings. The van der Waals surface area contributed by atoms with E-state index in [9.17, 15) is 18.0 Å². The van der Waals surface area contributed by atoms with Crippen molar-refractivity contribution in [3.63, 3.8) is 0 Å². The summed E-state index contributed by atoms with van der Waals surface area (Å²) >= 11 is 0. The largest absolute Gasteiger partial charge is 0.492 e. The van der Waals surface area contributed by atoms with E-state index in [0.29, 0.717) is 61.0 Å². The highest BCUT2D eigenvalue weighted by molar-refractivity contribution is 5.75. The third kappa shape index (κ3) is 5.15. The summed E-state index contributed by atoms with van der Waals surface area (Å²) in [5.41, 5.74) is 2.16. The third-order valence-corrected chi connectivity index (χ3v) is 7.56. The molecule has 3 aromatic rings. The number of carbonyl (C=O) groups is 1. The zero-order valence-electron chi connectivity index (χ0n) is 21.0. The SMILES string of the molecule is O=C(O)CC1COc2cc(O[C@@H]3CCc4c3ccc(C(F)(F)F)c4-c3ccc(OC4CCOC4)cc3)ccc21. The van der Waals surface area contributed by atoms with E-state index in [-0.39, 0.29) is 24.0 Å². The summed E-state index contributed by atoms with van der Waals surface area (Å²) in [6.45, 7) is 1.44. The van der Waals surface area contributed by atoms with Crippen molar-refractivity contribution in [2.75, 3.05) is 19.8 Å². The summed E-state index contributed by atoms with van der Waals surface area (Å²) in [4.78, 5) is 11.1. The number of aliphatic carboxylic acids is 1. The van der Waals surface area contributed by atoms with E-state index < -0.39 is 23.8 Å². The van der Waals surface area contributed by atoms with Crippen LogP contribution < -0.4 is 14.2 Å². The average molecular weight is 541 g/mol. The summed E-state index contributed by atoms with van der Waals surface area (Å²) < 4.78 is 65.5. The van der Waals surface area contributed by atoms with Gasteiger partial charge in [0.15, 0.2) is 0 Å². The maximum Gasteiger partial charge on any atom is 0.417 e. The summed E-state index contributed by atoms with van der Waals surface area (Å²) in [5, 5.41) is 9.12. The smallest absolute Gasteiger partial charge is 0.417 e. The molecule has 9 heteroatoms. The van der Waals surface area contributed by atoms with Gasteiger partial charge in [0.1, 0.15) is 29.5 Å². The number of carboxylic acid groups (broad SMARTS) is 1. The number of rotatable bonds is 7. The molecular formula is C30H27F3O6. The Hall–Kier alpha value is -3.72. The summed E-state index contributed by atoms with van der Waals surface area (Å²) in [6, 6.07) is 14.7. The topological polar surface area (TPSA) is 74.2 Å². The fourth-order valence-corrected chi connectivity index (χ4v) is 5.73.